The van der Waals surface area contributed by atoms with E-state index in [0.717, 1.165) is 11.4 Å². The molecule has 0 aliphatic rings. The Morgan fingerprint density at radius 1 is 1.19 bits per heavy atom. The van der Waals surface area contributed by atoms with E-state index in [4.69, 9.17) is 32.7 Å². The first-order valence-electron chi connectivity index (χ1n) is 8.94. The number of nitrogens with zero attached hydrogens (tertiary/aromatic N) is 2. The van der Waals surface area contributed by atoms with Crippen LogP contribution in [-0.4, -0.2) is 33.6 Å². The van der Waals surface area contributed by atoms with E-state index in [9.17, 15) is 9.90 Å². The highest BCUT2D eigenvalue weighted by Crippen LogP contribution is 2.33. The first-order valence-corrected chi connectivity index (χ1v) is 9.69. The fourth-order valence-corrected chi connectivity index (χ4v) is 3.27. The smallest absolute Gasteiger partial charge is 0.308 e. The average molecular weight is 415 g/mol. The van der Waals surface area contributed by atoms with Crippen LogP contribution in [0.15, 0.2) is 18.2 Å². The molecular weight excluding hydrogens is 391 g/mol. The van der Waals surface area contributed by atoms with Crippen LogP contribution in [0.2, 0.25) is 10.0 Å². The predicted octanol–water partition coefficient (Wildman–Crippen LogP) is 4.42. The third-order valence-electron chi connectivity index (χ3n) is 3.89. The van der Waals surface area contributed by atoms with Gasteiger partial charge >= 0.3 is 5.97 Å². The van der Waals surface area contributed by atoms with Crippen molar-refractivity contribution in [3.05, 3.63) is 39.6 Å². The molecule has 2 aromatic rings. The molecule has 0 bridgehead atoms. The van der Waals surface area contributed by atoms with Gasteiger partial charge in [0.2, 0.25) is 0 Å². The fourth-order valence-electron chi connectivity index (χ4n) is 2.76. The van der Waals surface area contributed by atoms with Gasteiger partial charge in [-0.2, -0.15) is 5.10 Å². The predicted molar refractivity (Wildman–Crippen MR) is 105 cm³/mol. The number of hydrogen-bond acceptors (Lipinski definition) is 5. The minimum atomic E-state index is -0.896. The number of carbonyl (C=O) groups excluding carboxylic acids is 1. The Labute approximate surface area is 169 Å². The van der Waals surface area contributed by atoms with Crippen molar-refractivity contribution in [1.82, 2.24) is 9.78 Å². The number of benzene rings is 1. The van der Waals surface area contributed by atoms with Crippen molar-refractivity contribution in [2.75, 3.05) is 6.61 Å². The van der Waals surface area contributed by atoms with E-state index in [1.54, 1.807) is 29.8 Å². The van der Waals surface area contributed by atoms with Crippen LogP contribution in [0.4, 0.5) is 0 Å². The number of aromatic nitrogens is 2. The molecular formula is C19H24Cl2N2O4. The molecule has 0 saturated carbocycles. The van der Waals surface area contributed by atoms with Crippen molar-refractivity contribution in [3.8, 4) is 11.5 Å². The maximum atomic E-state index is 11.6. The molecule has 0 aliphatic heterocycles. The number of aliphatic hydroxyl groups is 1. The van der Waals surface area contributed by atoms with Gasteiger partial charge in [0.25, 0.3) is 0 Å². The molecule has 6 nitrogen and oxygen atoms in total. The number of hydrogen-bond donors (Lipinski definition) is 1. The lowest BCUT2D eigenvalue weighted by atomic mass is 10.2. The summed E-state index contributed by atoms with van der Waals surface area (Å²) in [6.45, 7) is 6.13. The molecule has 0 amide bonds. The molecule has 8 heteroatoms. The normalized spacial score (nSPS) is 12.1. The molecule has 1 aromatic carbocycles. The van der Waals surface area contributed by atoms with E-state index in [-0.39, 0.29) is 19.6 Å². The quantitative estimate of drug-likeness (QED) is 0.614. The van der Waals surface area contributed by atoms with Crippen LogP contribution >= 0.6 is 23.2 Å². The lowest BCUT2D eigenvalue weighted by Gasteiger charge is -2.13. The Hall–Kier alpha value is -1.76. The van der Waals surface area contributed by atoms with Gasteiger partial charge in [0, 0.05) is 10.0 Å². The van der Waals surface area contributed by atoms with Crippen molar-refractivity contribution < 1.29 is 19.4 Å². The average Bonchev–Trinajstić information content (AvgIpc) is 2.90. The maximum absolute atomic E-state index is 11.6. The second-order valence-electron chi connectivity index (χ2n) is 5.98. The third-order valence-corrected chi connectivity index (χ3v) is 4.33. The lowest BCUT2D eigenvalue weighted by Crippen LogP contribution is -2.23. The zero-order valence-electron chi connectivity index (χ0n) is 15.7. The molecule has 0 saturated heterocycles. The van der Waals surface area contributed by atoms with Crippen LogP contribution in [0.1, 0.15) is 38.6 Å². The van der Waals surface area contributed by atoms with Crippen LogP contribution in [0.25, 0.3) is 0 Å². The summed E-state index contributed by atoms with van der Waals surface area (Å²) in [5.74, 6) is 0.709. The summed E-state index contributed by atoms with van der Waals surface area (Å²) in [6.07, 6.45) is 0.311. The fraction of sp³-hybridized carbons (Fsp3) is 0.474. The molecule has 0 fully saturated rings. The lowest BCUT2D eigenvalue weighted by molar-refractivity contribution is -0.145. The van der Waals surface area contributed by atoms with Gasteiger partial charge in [-0.15, -0.1) is 0 Å². The Morgan fingerprint density at radius 3 is 2.41 bits per heavy atom. The summed E-state index contributed by atoms with van der Waals surface area (Å²) in [5, 5.41) is 15.7. The van der Waals surface area contributed by atoms with E-state index in [0.29, 0.717) is 34.4 Å². The van der Waals surface area contributed by atoms with Gasteiger partial charge in [-0.1, -0.05) is 37.0 Å². The van der Waals surface area contributed by atoms with Gasteiger partial charge in [-0.3, -0.25) is 9.48 Å². The molecule has 2 rings (SSSR count). The highest BCUT2D eigenvalue weighted by molar-refractivity contribution is 6.34. The number of carbonyl (C=O) groups is 1. The largest absolute Gasteiger partial charge is 0.466 e. The molecule has 27 heavy (non-hydrogen) atoms. The molecule has 1 unspecified atom stereocenters. The third kappa shape index (κ3) is 5.86. The number of esters is 1. The molecule has 1 aromatic heterocycles. The zero-order valence-corrected chi connectivity index (χ0v) is 17.2. The minimum Gasteiger partial charge on any atom is -0.466 e. The summed E-state index contributed by atoms with van der Waals surface area (Å²) < 4.78 is 12.6. The second-order valence-corrected chi connectivity index (χ2v) is 6.85. The maximum Gasteiger partial charge on any atom is 0.308 e. The van der Waals surface area contributed by atoms with Gasteiger partial charge in [0.05, 0.1) is 31.4 Å². The van der Waals surface area contributed by atoms with E-state index >= 15 is 0 Å². The van der Waals surface area contributed by atoms with E-state index in [2.05, 4.69) is 5.10 Å². The van der Waals surface area contributed by atoms with Crippen molar-refractivity contribution in [2.24, 2.45) is 0 Å². The number of halogens is 2. The van der Waals surface area contributed by atoms with Crippen LogP contribution < -0.4 is 4.74 Å². The van der Waals surface area contributed by atoms with Crippen molar-refractivity contribution in [2.45, 2.75) is 52.7 Å². The highest BCUT2D eigenvalue weighted by Gasteiger charge is 2.21. The Kier molecular flexibility index (Phi) is 7.95. The monoisotopic (exact) mass is 414 g/mol. The second kappa shape index (κ2) is 9.97. The Morgan fingerprint density at radius 2 is 1.85 bits per heavy atom. The Balaban J connectivity index is 2.26. The van der Waals surface area contributed by atoms with E-state index in [1.807, 2.05) is 13.8 Å². The number of aryl methyl sites for hydroxylation is 1. The van der Waals surface area contributed by atoms with Crippen molar-refractivity contribution in [3.63, 3.8) is 0 Å². The van der Waals surface area contributed by atoms with Gasteiger partial charge in [-0.05, 0) is 38.0 Å². The molecule has 0 radical (unpaired) electrons. The minimum absolute atomic E-state index is 0.0849. The van der Waals surface area contributed by atoms with Gasteiger partial charge < -0.3 is 14.6 Å². The SMILES string of the molecule is CCOC(=O)CC(O)Cn1nc(CC)c(Oc2cc(Cl)cc(Cl)c2)c1CC. The topological polar surface area (TPSA) is 73.6 Å². The molecule has 1 atom stereocenters. The molecule has 148 valence electrons. The van der Waals surface area contributed by atoms with Crippen molar-refractivity contribution >= 4 is 29.2 Å². The van der Waals surface area contributed by atoms with Crippen LogP contribution in [0.5, 0.6) is 11.5 Å². The van der Waals surface area contributed by atoms with Crippen LogP contribution in [0, 0.1) is 0 Å². The standard InChI is InChI=1S/C19H24Cl2N2O4/c1-4-16-19(27-15-8-12(20)7-13(21)9-15)17(5-2)23(22-16)11-14(24)10-18(25)26-6-3/h7-9,14,24H,4-6,10-11H2,1-3H3. The molecule has 1 N–H and O–H groups in total. The molecule has 0 spiro atoms. The summed E-state index contributed by atoms with van der Waals surface area (Å²) >= 11 is 12.1. The highest BCUT2D eigenvalue weighted by atomic mass is 35.5. The number of aliphatic hydroxyl groups excluding tert-OH is 1. The summed E-state index contributed by atoms with van der Waals surface area (Å²) in [5.41, 5.74) is 1.58. The number of rotatable bonds is 9. The zero-order chi connectivity index (χ0) is 20.0. The summed E-state index contributed by atoms with van der Waals surface area (Å²) in [4.78, 5) is 11.6. The first kappa shape index (κ1) is 21.5. The van der Waals surface area contributed by atoms with E-state index < -0.39 is 12.1 Å². The van der Waals surface area contributed by atoms with Gasteiger partial charge in [0.1, 0.15) is 11.4 Å². The molecule has 0 aliphatic carbocycles. The first-order chi connectivity index (χ1) is 12.9. The van der Waals surface area contributed by atoms with E-state index in [1.165, 1.54) is 0 Å². The van der Waals surface area contributed by atoms with Crippen molar-refractivity contribution in [1.29, 1.82) is 0 Å². The number of ether oxygens (including phenoxy) is 2. The summed E-state index contributed by atoms with van der Waals surface area (Å²) in [6, 6.07) is 4.99. The Bertz CT molecular complexity index is 772. The molecule has 1 heterocycles. The summed E-state index contributed by atoms with van der Waals surface area (Å²) in [7, 11) is 0. The van der Waals surface area contributed by atoms with Crippen LogP contribution in [0.3, 0.4) is 0 Å². The van der Waals surface area contributed by atoms with Gasteiger partial charge in [-0.25, -0.2) is 0 Å². The van der Waals surface area contributed by atoms with Crippen LogP contribution in [-0.2, 0) is 28.9 Å². The van der Waals surface area contributed by atoms with Gasteiger partial charge in [0.15, 0.2) is 5.75 Å².